The number of ether oxygens (including phenoxy) is 2. The van der Waals surface area contributed by atoms with Crippen LogP contribution in [0.2, 0.25) is 0 Å². The summed E-state index contributed by atoms with van der Waals surface area (Å²) in [5, 5.41) is 4.27. The zero-order valence-corrected chi connectivity index (χ0v) is 11.3. The second-order valence-electron chi connectivity index (χ2n) is 3.57. The van der Waals surface area contributed by atoms with Gasteiger partial charge in [0.1, 0.15) is 17.2 Å². The second kappa shape index (κ2) is 7.71. The molecule has 0 saturated carbocycles. The van der Waals surface area contributed by atoms with Crippen molar-refractivity contribution in [1.29, 1.82) is 0 Å². The van der Waals surface area contributed by atoms with E-state index in [1.807, 2.05) is 0 Å². The van der Waals surface area contributed by atoms with Gasteiger partial charge < -0.3 is 14.8 Å². The molecule has 0 aliphatic heterocycles. The van der Waals surface area contributed by atoms with E-state index in [0.717, 1.165) is 12.8 Å². The summed E-state index contributed by atoms with van der Waals surface area (Å²) in [6, 6.07) is 1.76. The minimum atomic E-state index is -0.478. The fourth-order valence-corrected chi connectivity index (χ4v) is 1.96. The van der Waals surface area contributed by atoms with Gasteiger partial charge in [0.25, 0.3) is 5.91 Å². The molecular formula is C12H17NO4S. The van der Waals surface area contributed by atoms with E-state index in [1.54, 1.807) is 11.4 Å². The number of esters is 1. The Bertz CT molecular complexity index is 403. The summed E-state index contributed by atoms with van der Waals surface area (Å²) in [5.74, 6) is -0.230. The Balaban J connectivity index is 2.52. The zero-order chi connectivity index (χ0) is 13.4. The van der Waals surface area contributed by atoms with Crippen LogP contribution in [0.1, 0.15) is 29.4 Å². The number of carbonyl (C=O) groups excluding carboxylic acids is 2. The van der Waals surface area contributed by atoms with Crippen molar-refractivity contribution in [2.75, 3.05) is 20.3 Å². The lowest BCUT2D eigenvalue weighted by molar-refractivity contribution is -0.139. The smallest absolute Gasteiger partial charge is 0.325 e. The van der Waals surface area contributed by atoms with Gasteiger partial charge in [-0.2, -0.15) is 0 Å². The molecule has 1 aromatic rings. The van der Waals surface area contributed by atoms with E-state index in [0.29, 0.717) is 17.2 Å². The van der Waals surface area contributed by atoms with Crippen LogP contribution in [0.4, 0.5) is 0 Å². The molecule has 0 aliphatic carbocycles. The standard InChI is InChI=1S/C12H17NO4S/c1-3-4-6-17-9-5-7-18-11(9)12(15)13-8-10(14)16-2/h5,7H,3-4,6,8H2,1-2H3,(H,13,15). The number of rotatable bonds is 7. The summed E-state index contributed by atoms with van der Waals surface area (Å²) >= 11 is 1.29. The van der Waals surface area contributed by atoms with Gasteiger partial charge in [0.15, 0.2) is 0 Å². The number of carbonyl (C=O) groups is 2. The fraction of sp³-hybridized carbons (Fsp3) is 0.500. The van der Waals surface area contributed by atoms with E-state index in [-0.39, 0.29) is 12.5 Å². The third-order valence-electron chi connectivity index (χ3n) is 2.21. The second-order valence-corrected chi connectivity index (χ2v) is 4.49. The molecule has 0 bridgehead atoms. The van der Waals surface area contributed by atoms with E-state index in [9.17, 15) is 9.59 Å². The summed E-state index contributed by atoms with van der Waals surface area (Å²) in [7, 11) is 1.28. The lowest BCUT2D eigenvalue weighted by Gasteiger charge is -2.06. The highest BCUT2D eigenvalue weighted by atomic mass is 32.1. The average Bonchev–Trinajstić information content (AvgIpc) is 2.84. The van der Waals surface area contributed by atoms with Gasteiger partial charge in [-0.1, -0.05) is 13.3 Å². The molecule has 0 aliphatic rings. The Morgan fingerprint density at radius 1 is 1.44 bits per heavy atom. The maximum absolute atomic E-state index is 11.8. The number of methoxy groups -OCH3 is 1. The summed E-state index contributed by atoms with van der Waals surface area (Å²) in [6.07, 6.45) is 1.98. The van der Waals surface area contributed by atoms with Crippen molar-refractivity contribution in [2.45, 2.75) is 19.8 Å². The molecule has 1 amide bonds. The lowest BCUT2D eigenvalue weighted by atomic mass is 10.3. The van der Waals surface area contributed by atoms with E-state index in [2.05, 4.69) is 17.0 Å². The van der Waals surface area contributed by atoms with Crippen molar-refractivity contribution in [2.24, 2.45) is 0 Å². The molecule has 0 radical (unpaired) electrons. The van der Waals surface area contributed by atoms with Gasteiger partial charge in [0, 0.05) is 0 Å². The predicted octanol–water partition coefficient (Wildman–Crippen LogP) is 1.83. The molecule has 1 N–H and O–H groups in total. The lowest BCUT2D eigenvalue weighted by Crippen LogP contribution is -2.29. The first-order valence-corrected chi connectivity index (χ1v) is 6.62. The number of nitrogens with one attached hydrogen (secondary N) is 1. The molecule has 1 heterocycles. The van der Waals surface area contributed by atoms with Crippen molar-refractivity contribution in [3.8, 4) is 5.75 Å². The highest BCUT2D eigenvalue weighted by Crippen LogP contribution is 2.24. The van der Waals surface area contributed by atoms with Crippen LogP contribution in [0, 0.1) is 0 Å². The summed E-state index contributed by atoms with van der Waals surface area (Å²) in [5.41, 5.74) is 0. The van der Waals surface area contributed by atoms with Crippen LogP contribution in [-0.2, 0) is 9.53 Å². The molecule has 0 atom stereocenters. The summed E-state index contributed by atoms with van der Waals surface area (Å²) in [6.45, 7) is 2.52. The molecule has 1 rings (SSSR count). The first-order chi connectivity index (χ1) is 8.69. The van der Waals surface area contributed by atoms with Gasteiger partial charge in [-0.15, -0.1) is 11.3 Å². The van der Waals surface area contributed by atoms with Gasteiger partial charge in [-0.05, 0) is 17.9 Å². The minimum absolute atomic E-state index is 0.137. The Morgan fingerprint density at radius 3 is 2.89 bits per heavy atom. The number of hydrogen-bond donors (Lipinski definition) is 1. The number of thiophene rings is 1. The molecule has 0 unspecified atom stereocenters. The van der Waals surface area contributed by atoms with Gasteiger partial charge in [0.2, 0.25) is 0 Å². The van der Waals surface area contributed by atoms with Crippen molar-refractivity contribution >= 4 is 23.2 Å². The SMILES string of the molecule is CCCCOc1ccsc1C(=O)NCC(=O)OC. The Morgan fingerprint density at radius 2 is 2.22 bits per heavy atom. The van der Waals surface area contributed by atoms with E-state index in [4.69, 9.17) is 4.74 Å². The van der Waals surface area contributed by atoms with Crippen LogP contribution in [0.25, 0.3) is 0 Å². The minimum Gasteiger partial charge on any atom is -0.492 e. The number of amides is 1. The van der Waals surface area contributed by atoms with E-state index >= 15 is 0 Å². The molecule has 6 heteroatoms. The van der Waals surface area contributed by atoms with Gasteiger partial charge in [-0.3, -0.25) is 9.59 Å². The van der Waals surface area contributed by atoms with Crippen LogP contribution in [-0.4, -0.2) is 32.1 Å². The molecule has 1 aromatic heterocycles. The molecule has 0 saturated heterocycles. The maximum atomic E-state index is 11.8. The number of unbranched alkanes of at least 4 members (excludes halogenated alkanes) is 1. The van der Waals surface area contributed by atoms with Crippen LogP contribution in [0.5, 0.6) is 5.75 Å². The summed E-state index contributed by atoms with van der Waals surface area (Å²) in [4.78, 5) is 23.2. The maximum Gasteiger partial charge on any atom is 0.325 e. The first kappa shape index (κ1) is 14.5. The Kier molecular flexibility index (Phi) is 6.21. The van der Waals surface area contributed by atoms with Gasteiger partial charge in [-0.25, -0.2) is 0 Å². The average molecular weight is 271 g/mol. The normalized spacial score (nSPS) is 9.89. The van der Waals surface area contributed by atoms with Crippen LogP contribution >= 0.6 is 11.3 Å². The fourth-order valence-electron chi connectivity index (χ4n) is 1.21. The third-order valence-corrected chi connectivity index (χ3v) is 3.11. The quantitative estimate of drug-likeness (QED) is 0.607. The molecule has 100 valence electrons. The highest BCUT2D eigenvalue weighted by molar-refractivity contribution is 7.12. The largest absolute Gasteiger partial charge is 0.492 e. The topological polar surface area (TPSA) is 64.6 Å². The molecule has 0 spiro atoms. The van der Waals surface area contributed by atoms with E-state index in [1.165, 1.54) is 18.4 Å². The zero-order valence-electron chi connectivity index (χ0n) is 10.5. The Hall–Kier alpha value is -1.56. The third kappa shape index (κ3) is 4.37. The molecule has 0 fully saturated rings. The van der Waals surface area contributed by atoms with Crippen LogP contribution in [0.3, 0.4) is 0 Å². The monoisotopic (exact) mass is 271 g/mol. The van der Waals surface area contributed by atoms with E-state index < -0.39 is 5.97 Å². The first-order valence-electron chi connectivity index (χ1n) is 5.74. The van der Waals surface area contributed by atoms with Crippen LogP contribution < -0.4 is 10.1 Å². The Labute approximate surface area is 110 Å². The summed E-state index contributed by atoms with van der Waals surface area (Å²) < 4.78 is 9.95. The number of hydrogen-bond acceptors (Lipinski definition) is 5. The highest BCUT2D eigenvalue weighted by Gasteiger charge is 2.15. The van der Waals surface area contributed by atoms with Crippen molar-refractivity contribution in [3.63, 3.8) is 0 Å². The van der Waals surface area contributed by atoms with Gasteiger partial charge >= 0.3 is 5.97 Å². The van der Waals surface area contributed by atoms with Crippen molar-refractivity contribution < 1.29 is 19.1 Å². The molecule has 0 aromatic carbocycles. The van der Waals surface area contributed by atoms with Gasteiger partial charge in [0.05, 0.1) is 13.7 Å². The molecule has 5 nitrogen and oxygen atoms in total. The molecular weight excluding hydrogens is 254 g/mol. The van der Waals surface area contributed by atoms with Crippen molar-refractivity contribution in [3.05, 3.63) is 16.3 Å². The van der Waals surface area contributed by atoms with Crippen molar-refractivity contribution in [1.82, 2.24) is 5.32 Å². The predicted molar refractivity (Wildman–Crippen MR) is 69.1 cm³/mol. The van der Waals surface area contributed by atoms with Crippen LogP contribution in [0.15, 0.2) is 11.4 Å². The molecule has 18 heavy (non-hydrogen) atoms.